The Morgan fingerprint density at radius 3 is 2.33 bits per heavy atom. The molecule has 1 aromatic heterocycles. The SMILES string of the molecule is CC(C)C1CCN(c2nc(Cl)c(Cl)cc2Cl)CC1. The molecule has 2 nitrogen and oxygen atoms in total. The van der Waals surface area contributed by atoms with Crippen LogP contribution in [-0.4, -0.2) is 18.1 Å². The van der Waals surface area contributed by atoms with Crippen LogP contribution in [0.2, 0.25) is 15.2 Å². The lowest BCUT2D eigenvalue weighted by molar-refractivity contribution is 0.311. The van der Waals surface area contributed by atoms with Crippen molar-refractivity contribution >= 4 is 40.6 Å². The van der Waals surface area contributed by atoms with Gasteiger partial charge in [-0.15, -0.1) is 0 Å². The predicted octanol–water partition coefficient (Wildman–Crippen LogP) is 4.91. The minimum Gasteiger partial charge on any atom is -0.355 e. The maximum Gasteiger partial charge on any atom is 0.150 e. The Kier molecular flexibility index (Phi) is 4.63. The van der Waals surface area contributed by atoms with Crippen LogP contribution in [0.1, 0.15) is 26.7 Å². The van der Waals surface area contributed by atoms with Crippen LogP contribution in [0.5, 0.6) is 0 Å². The first-order chi connectivity index (χ1) is 8.49. The molecule has 2 rings (SSSR count). The number of rotatable bonds is 2. The van der Waals surface area contributed by atoms with E-state index in [1.165, 1.54) is 12.8 Å². The molecule has 0 radical (unpaired) electrons. The van der Waals surface area contributed by atoms with Crippen molar-refractivity contribution in [2.24, 2.45) is 11.8 Å². The van der Waals surface area contributed by atoms with Crippen LogP contribution < -0.4 is 4.90 Å². The van der Waals surface area contributed by atoms with Gasteiger partial charge in [-0.3, -0.25) is 0 Å². The van der Waals surface area contributed by atoms with E-state index in [1.54, 1.807) is 6.07 Å². The molecule has 1 aliphatic rings. The Morgan fingerprint density at radius 2 is 1.78 bits per heavy atom. The lowest BCUT2D eigenvalue weighted by Gasteiger charge is -2.35. The molecule has 0 unspecified atom stereocenters. The van der Waals surface area contributed by atoms with Gasteiger partial charge in [-0.2, -0.15) is 0 Å². The predicted molar refractivity (Wildman–Crippen MR) is 79.0 cm³/mol. The second kappa shape index (κ2) is 5.85. The molecule has 0 aromatic carbocycles. The van der Waals surface area contributed by atoms with Gasteiger partial charge in [0.25, 0.3) is 0 Å². The van der Waals surface area contributed by atoms with E-state index in [1.807, 2.05) is 0 Å². The normalized spacial score (nSPS) is 17.6. The number of nitrogens with zero attached hydrogens (tertiary/aromatic N) is 2. The maximum absolute atomic E-state index is 6.19. The molecular formula is C13H17Cl3N2. The molecule has 1 aromatic rings. The maximum atomic E-state index is 6.19. The number of hydrogen-bond acceptors (Lipinski definition) is 2. The number of pyridine rings is 1. The fraction of sp³-hybridized carbons (Fsp3) is 0.615. The Balaban J connectivity index is 2.12. The van der Waals surface area contributed by atoms with E-state index in [-0.39, 0.29) is 0 Å². The summed E-state index contributed by atoms with van der Waals surface area (Å²) in [5.74, 6) is 2.29. The van der Waals surface area contributed by atoms with Crippen molar-refractivity contribution < 1.29 is 0 Å². The summed E-state index contributed by atoms with van der Waals surface area (Å²) >= 11 is 18.0. The molecule has 0 amide bonds. The van der Waals surface area contributed by atoms with E-state index in [2.05, 4.69) is 23.7 Å². The molecule has 1 saturated heterocycles. The summed E-state index contributed by atoms with van der Waals surface area (Å²) in [5, 5.41) is 1.30. The van der Waals surface area contributed by atoms with E-state index < -0.39 is 0 Å². The van der Waals surface area contributed by atoms with Crippen molar-refractivity contribution in [1.82, 2.24) is 4.98 Å². The van der Waals surface area contributed by atoms with Gasteiger partial charge in [0, 0.05) is 13.1 Å². The van der Waals surface area contributed by atoms with Gasteiger partial charge in [-0.1, -0.05) is 48.7 Å². The zero-order chi connectivity index (χ0) is 13.3. The lowest BCUT2D eigenvalue weighted by atomic mass is 9.87. The van der Waals surface area contributed by atoms with E-state index in [9.17, 15) is 0 Å². The van der Waals surface area contributed by atoms with Crippen molar-refractivity contribution in [3.8, 4) is 0 Å². The Labute approximate surface area is 123 Å². The quantitative estimate of drug-likeness (QED) is 0.721. The van der Waals surface area contributed by atoms with Gasteiger partial charge >= 0.3 is 0 Å². The second-order valence-corrected chi connectivity index (χ2v) is 6.31. The molecule has 100 valence electrons. The second-order valence-electron chi connectivity index (χ2n) is 5.13. The number of piperidine rings is 1. The Bertz CT molecular complexity index is 426. The average Bonchev–Trinajstić information content (AvgIpc) is 2.34. The minimum absolute atomic E-state index is 0.321. The van der Waals surface area contributed by atoms with Crippen molar-refractivity contribution in [3.63, 3.8) is 0 Å². The molecule has 0 saturated carbocycles. The first kappa shape index (κ1) is 14.2. The number of hydrogen-bond donors (Lipinski definition) is 0. The molecule has 0 bridgehead atoms. The molecule has 2 heterocycles. The first-order valence-corrected chi connectivity index (χ1v) is 7.39. The highest BCUT2D eigenvalue weighted by Gasteiger charge is 2.24. The summed E-state index contributed by atoms with van der Waals surface area (Å²) in [6.07, 6.45) is 2.35. The van der Waals surface area contributed by atoms with Crippen LogP contribution in [-0.2, 0) is 0 Å². The number of anilines is 1. The molecule has 0 spiro atoms. The monoisotopic (exact) mass is 306 g/mol. The third kappa shape index (κ3) is 3.04. The van der Waals surface area contributed by atoms with Gasteiger partial charge in [-0.25, -0.2) is 4.98 Å². The molecule has 0 atom stereocenters. The highest BCUT2D eigenvalue weighted by atomic mass is 35.5. The van der Waals surface area contributed by atoms with Gasteiger partial charge in [0.15, 0.2) is 0 Å². The molecule has 5 heteroatoms. The molecular weight excluding hydrogens is 291 g/mol. The molecule has 1 aliphatic heterocycles. The van der Waals surface area contributed by atoms with E-state index in [4.69, 9.17) is 34.8 Å². The summed E-state index contributed by atoms with van der Waals surface area (Å²) in [4.78, 5) is 6.49. The summed E-state index contributed by atoms with van der Waals surface area (Å²) < 4.78 is 0. The molecule has 0 aliphatic carbocycles. The number of halogens is 3. The molecule has 0 N–H and O–H groups in total. The zero-order valence-electron chi connectivity index (χ0n) is 10.6. The van der Waals surface area contributed by atoms with Crippen molar-refractivity contribution in [1.29, 1.82) is 0 Å². The first-order valence-electron chi connectivity index (χ1n) is 6.25. The van der Waals surface area contributed by atoms with Crippen LogP contribution in [0.25, 0.3) is 0 Å². The lowest BCUT2D eigenvalue weighted by Crippen LogP contribution is -2.35. The highest BCUT2D eigenvalue weighted by Crippen LogP contribution is 2.34. The van der Waals surface area contributed by atoms with Gasteiger partial charge < -0.3 is 4.90 Å². The van der Waals surface area contributed by atoms with Crippen molar-refractivity contribution in [3.05, 3.63) is 21.3 Å². The zero-order valence-corrected chi connectivity index (χ0v) is 12.9. The summed E-state index contributed by atoms with van der Waals surface area (Å²) in [7, 11) is 0. The molecule has 18 heavy (non-hydrogen) atoms. The van der Waals surface area contributed by atoms with E-state index in [0.717, 1.165) is 30.7 Å². The standard InChI is InChI=1S/C13H17Cl3N2/c1-8(2)9-3-5-18(6-4-9)13-11(15)7-10(14)12(16)17-13/h7-9H,3-6H2,1-2H3. The number of aromatic nitrogens is 1. The van der Waals surface area contributed by atoms with Gasteiger partial charge in [0.1, 0.15) is 11.0 Å². The van der Waals surface area contributed by atoms with Crippen molar-refractivity contribution in [2.75, 3.05) is 18.0 Å². The fourth-order valence-corrected chi connectivity index (χ4v) is 3.05. The summed E-state index contributed by atoms with van der Waals surface area (Å²) in [6.45, 7) is 6.52. The van der Waals surface area contributed by atoms with E-state index in [0.29, 0.717) is 15.2 Å². The third-order valence-electron chi connectivity index (χ3n) is 3.65. The van der Waals surface area contributed by atoms with Crippen LogP contribution in [0.15, 0.2) is 6.07 Å². The average molecular weight is 308 g/mol. The van der Waals surface area contributed by atoms with Crippen LogP contribution in [0, 0.1) is 11.8 Å². The summed E-state index contributed by atoms with van der Waals surface area (Å²) in [5.41, 5.74) is 0. The molecule has 1 fully saturated rings. The smallest absolute Gasteiger partial charge is 0.150 e. The van der Waals surface area contributed by atoms with E-state index >= 15 is 0 Å². The van der Waals surface area contributed by atoms with Crippen molar-refractivity contribution in [2.45, 2.75) is 26.7 Å². The largest absolute Gasteiger partial charge is 0.355 e. The summed E-state index contributed by atoms with van der Waals surface area (Å²) in [6, 6.07) is 1.67. The Morgan fingerprint density at radius 1 is 1.17 bits per heavy atom. The Hall–Kier alpha value is -0.180. The van der Waals surface area contributed by atoms with Crippen LogP contribution >= 0.6 is 34.8 Å². The highest BCUT2D eigenvalue weighted by molar-refractivity contribution is 6.42. The topological polar surface area (TPSA) is 16.1 Å². The minimum atomic E-state index is 0.321. The van der Waals surface area contributed by atoms with Gasteiger partial charge in [-0.05, 0) is 30.7 Å². The van der Waals surface area contributed by atoms with Crippen LogP contribution in [0.3, 0.4) is 0 Å². The van der Waals surface area contributed by atoms with Gasteiger partial charge in [0.2, 0.25) is 0 Å². The van der Waals surface area contributed by atoms with Crippen LogP contribution in [0.4, 0.5) is 5.82 Å². The fourth-order valence-electron chi connectivity index (χ4n) is 2.43. The third-order valence-corrected chi connectivity index (χ3v) is 4.60. The van der Waals surface area contributed by atoms with Gasteiger partial charge in [0.05, 0.1) is 10.0 Å².